The van der Waals surface area contributed by atoms with Crippen LogP contribution in [0.15, 0.2) is 0 Å². The monoisotopic (exact) mass is 276 g/mol. The highest BCUT2D eigenvalue weighted by Gasteiger charge is 2.28. The van der Waals surface area contributed by atoms with Crippen LogP contribution in [0.2, 0.25) is 0 Å². The molecule has 0 atom stereocenters. The molecule has 1 aliphatic rings. The van der Waals surface area contributed by atoms with Gasteiger partial charge in [0.05, 0.1) is 46.1 Å². The number of rotatable bonds is 2. The third-order valence-corrected chi connectivity index (χ3v) is 2.80. The van der Waals surface area contributed by atoms with Crippen molar-refractivity contribution in [2.75, 3.05) is 52.9 Å². The number of hydrogen-bond acceptors (Lipinski definition) is 5. The van der Waals surface area contributed by atoms with E-state index in [1.54, 1.807) is 0 Å². The third kappa shape index (κ3) is 8.15. The first-order valence-electron chi connectivity index (χ1n) is 6.65. The molecule has 6 heteroatoms. The summed E-state index contributed by atoms with van der Waals surface area (Å²) in [5, 5.41) is 8.94. The SMILES string of the molecule is CC1(CC(=O)O)COCCOCCCOCCOC1. The summed E-state index contributed by atoms with van der Waals surface area (Å²) in [6, 6.07) is 0. The van der Waals surface area contributed by atoms with Crippen LogP contribution in [-0.2, 0) is 23.7 Å². The molecule has 0 bridgehead atoms. The van der Waals surface area contributed by atoms with Gasteiger partial charge in [-0.15, -0.1) is 0 Å². The van der Waals surface area contributed by atoms with Gasteiger partial charge in [-0.05, 0) is 6.42 Å². The van der Waals surface area contributed by atoms with Crippen molar-refractivity contribution in [1.82, 2.24) is 0 Å². The van der Waals surface area contributed by atoms with Crippen LogP contribution in [0.25, 0.3) is 0 Å². The van der Waals surface area contributed by atoms with Crippen LogP contribution < -0.4 is 0 Å². The van der Waals surface area contributed by atoms with Gasteiger partial charge in [0, 0.05) is 18.6 Å². The van der Waals surface area contributed by atoms with Crippen LogP contribution in [0, 0.1) is 5.41 Å². The summed E-state index contributed by atoms with van der Waals surface area (Å²) in [5.41, 5.74) is -0.518. The largest absolute Gasteiger partial charge is 0.481 e. The van der Waals surface area contributed by atoms with E-state index in [9.17, 15) is 4.79 Å². The van der Waals surface area contributed by atoms with Gasteiger partial charge in [0.2, 0.25) is 0 Å². The summed E-state index contributed by atoms with van der Waals surface area (Å²) in [4.78, 5) is 10.9. The number of carboxylic acid groups (broad SMARTS) is 1. The summed E-state index contributed by atoms with van der Waals surface area (Å²) < 4.78 is 21.7. The molecule has 19 heavy (non-hydrogen) atoms. The van der Waals surface area contributed by atoms with Crippen molar-refractivity contribution >= 4 is 5.97 Å². The average Bonchev–Trinajstić information content (AvgIpc) is 2.33. The Bertz CT molecular complexity index is 242. The summed E-state index contributed by atoms with van der Waals surface area (Å²) in [5.74, 6) is -0.844. The molecule has 1 fully saturated rings. The van der Waals surface area contributed by atoms with Crippen molar-refractivity contribution in [3.63, 3.8) is 0 Å². The Balaban J connectivity index is 2.41. The highest BCUT2D eigenvalue weighted by molar-refractivity contribution is 5.67. The first-order valence-corrected chi connectivity index (χ1v) is 6.65. The highest BCUT2D eigenvalue weighted by atomic mass is 16.5. The lowest BCUT2D eigenvalue weighted by Gasteiger charge is -2.27. The topological polar surface area (TPSA) is 74.2 Å². The maximum Gasteiger partial charge on any atom is 0.304 e. The lowest BCUT2D eigenvalue weighted by molar-refractivity contribution is -0.142. The molecule has 0 aromatic carbocycles. The molecular formula is C13H24O6. The van der Waals surface area contributed by atoms with E-state index < -0.39 is 11.4 Å². The lowest BCUT2D eigenvalue weighted by atomic mass is 9.89. The molecule has 0 unspecified atom stereocenters. The van der Waals surface area contributed by atoms with Crippen molar-refractivity contribution in [3.05, 3.63) is 0 Å². The maximum atomic E-state index is 10.9. The van der Waals surface area contributed by atoms with Crippen LogP contribution in [0.1, 0.15) is 19.8 Å². The van der Waals surface area contributed by atoms with E-state index in [2.05, 4.69) is 0 Å². The van der Waals surface area contributed by atoms with Gasteiger partial charge in [-0.3, -0.25) is 4.79 Å². The van der Waals surface area contributed by atoms with E-state index in [1.165, 1.54) is 0 Å². The molecule has 0 spiro atoms. The van der Waals surface area contributed by atoms with Crippen LogP contribution in [0.5, 0.6) is 0 Å². The van der Waals surface area contributed by atoms with Crippen molar-refractivity contribution in [1.29, 1.82) is 0 Å². The molecule has 0 saturated carbocycles. The number of carbonyl (C=O) groups is 1. The molecule has 0 amide bonds. The summed E-state index contributed by atoms with van der Waals surface area (Å²) in [6.07, 6.45) is 0.880. The lowest BCUT2D eigenvalue weighted by Crippen LogP contribution is -2.33. The van der Waals surface area contributed by atoms with Crippen LogP contribution in [0.3, 0.4) is 0 Å². The number of hydrogen-bond donors (Lipinski definition) is 1. The minimum Gasteiger partial charge on any atom is -0.481 e. The Morgan fingerprint density at radius 1 is 0.947 bits per heavy atom. The molecule has 6 nitrogen and oxygen atoms in total. The van der Waals surface area contributed by atoms with Gasteiger partial charge in [0.25, 0.3) is 0 Å². The average molecular weight is 276 g/mol. The minimum atomic E-state index is -0.844. The molecule has 1 aliphatic heterocycles. The Morgan fingerprint density at radius 3 is 1.89 bits per heavy atom. The van der Waals surface area contributed by atoms with Gasteiger partial charge < -0.3 is 24.1 Å². The Morgan fingerprint density at radius 2 is 1.42 bits per heavy atom. The first-order chi connectivity index (χ1) is 9.12. The molecule has 1 N–H and O–H groups in total. The molecular weight excluding hydrogens is 252 g/mol. The molecule has 0 aromatic heterocycles. The Hall–Kier alpha value is -0.690. The van der Waals surface area contributed by atoms with Crippen LogP contribution >= 0.6 is 0 Å². The highest BCUT2D eigenvalue weighted by Crippen LogP contribution is 2.22. The van der Waals surface area contributed by atoms with E-state index >= 15 is 0 Å². The summed E-state index contributed by atoms with van der Waals surface area (Å²) in [6.45, 7) is 5.83. The number of ether oxygens (including phenoxy) is 4. The summed E-state index contributed by atoms with van der Waals surface area (Å²) in [7, 11) is 0. The van der Waals surface area contributed by atoms with E-state index in [4.69, 9.17) is 24.1 Å². The van der Waals surface area contributed by atoms with E-state index in [-0.39, 0.29) is 6.42 Å². The minimum absolute atomic E-state index is 0.0225. The van der Waals surface area contributed by atoms with Crippen molar-refractivity contribution in [2.24, 2.45) is 5.41 Å². The summed E-state index contributed by atoms with van der Waals surface area (Å²) >= 11 is 0. The predicted molar refractivity (Wildman–Crippen MR) is 68.3 cm³/mol. The van der Waals surface area contributed by atoms with Crippen LogP contribution in [-0.4, -0.2) is 63.9 Å². The predicted octanol–water partition coefficient (Wildman–Crippen LogP) is 0.937. The normalized spacial score (nSPS) is 23.4. The van der Waals surface area contributed by atoms with E-state index in [0.717, 1.165) is 6.42 Å². The fourth-order valence-corrected chi connectivity index (χ4v) is 1.85. The Labute approximate surface area is 114 Å². The zero-order valence-corrected chi connectivity index (χ0v) is 11.6. The third-order valence-electron chi connectivity index (χ3n) is 2.80. The molecule has 112 valence electrons. The number of aliphatic carboxylic acids is 1. The van der Waals surface area contributed by atoms with Gasteiger partial charge in [-0.2, -0.15) is 0 Å². The van der Waals surface area contributed by atoms with Gasteiger partial charge in [-0.1, -0.05) is 6.92 Å². The second-order valence-electron chi connectivity index (χ2n) is 5.06. The fraction of sp³-hybridized carbons (Fsp3) is 0.923. The molecule has 1 heterocycles. The molecule has 1 rings (SSSR count). The van der Waals surface area contributed by atoms with Gasteiger partial charge in [-0.25, -0.2) is 0 Å². The van der Waals surface area contributed by atoms with Crippen LogP contribution in [0.4, 0.5) is 0 Å². The van der Waals surface area contributed by atoms with Gasteiger partial charge in [0.1, 0.15) is 0 Å². The fourth-order valence-electron chi connectivity index (χ4n) is 1.85. The second kappa shape index (κ2) is 9.25. The van der Waals surface area contributed by atoms with Gasteiger partial charge >= 0.3 is 5.97 Å². The smallest absolute Gasteiger partial charge is 0.304 e. The molecule has 0 radical (unpaired) electrons. The zero-order chi connectivity index (χ0) is 14.0. The second-order valence-corrected chi connectivity index (χ2v) is 5.06. The standard InChI is InChI=1S/C13H24O6/c1-13(9-12(14)15)10-18-7-5-16-3-2-4-17-6-8-19-11-13/h2-11H2,1H3,(H,14,15). The van der Waals surface area contributed by atoms with Gasteiger partial charge in [0.15, 0.2) is 0 Å². The van der Waals surface area contributed by atoms with E-state index in [0.29, 0.717) is 52.9 Å². The maximum absolute atomic E-state index is 10.9. The van der Waals surface area contributed by atoms with Crippen molar-refractivity contribution in [3.8, 4) is 0 Å². The van der Waals surface area contributed by atoms with Crippen molar-refractivity contribution in [2.45, 2.75) is 19.8 Å². The molecule has 1 saturated heterocycles. The van der Waals surface area contributed by atoms with E-state index in [1.807, 2.05) is 6.92 Å². The van der Waals surface area contributed by atoms with Crippen molar-refractivity contribution < 1.29 is 28.8 Å². The first kappa shape index (κ1) is 16.4. The quantitative estimate of drug-likeness (QED) is 0.809. The molecule has 0 aliphatic carbocycles. The molecule has 0 aromatic rings. The number of carboxylic acids is 1. The Kier molecular flexibility index (Phi) is 7.97. The zero-order valence-electron chi connectivity index (χ0n) is 11.6.